The molecule has 6 heteroatoms. The normalized spacial score (nSPS) is 16.1. The molecule has 0 spiro atoms. The van der Waals surface area contributed by atoms with Gasteiger partial charge in [-0.3, -0.25) is 9.59 Å². The number of carboxylic acids is 1. The SMILES string of the molecule is C[C@H](CCc1nc2cc(C(=O)N3CC[C@@H](c4ccccc4)C3)ccc2nc1-c1ccccc1)CC(=O)O. The second kappa shape index (κ2) is 10.9. The van der Waals surface area contributed by atoms with Gasteiger partial charge in [-0.2, -0.15) is 0 Å². The van der Waals surface area contributed by atoms with Gasteiger partial charge >= 0.3 is 5.97 Å². The highest BCUT2D eigenvalue weighted by atomic mass is 16.4. The Bertz CT molecular complexity index is 1410. The van der Waals surface area contributed by atoms with Crippen LogP contribution in [0.1, 0.15) is 53.7 Å². The number of carbonyl (C=O) groups excluding carboxylic acids is 1. The monoisotopic (exact) mass is 493 g/mol. The molecule has 1 aliphatic rings. The Kier molecular flexibility index (Phi) is 7.26. The number of aryl methyl sites for hydroxylation is 1. The van der Waals surface area contributed by atoms with Crippen LogP contribution in [0, 0.1) is 5.92 Å². The van der Waals surface area contributed by atoms with E-state index in [1.54, 1.807) is 0 Å². The van der Waals surface area contributed by atoms with Gasteiger partial charge < -0.3 is 10.0 Å². The Balaban J connectivity index is 1.42. The van der Waals surface area contributed by atoms with E-state index in [1.165, 1.54) is 5.56 Å². The van der Waals surface area contributed by atoms with E-state index in [2.05, 4.69) is 12.1 Å². The molecule has 1 aliphatic heterocycles. The summed E-state index contributed by atoms with van der Waals surface area (Å²) >= 11 is 0. The van der Waals surface area contributed by atoms with E-state index in [0.29, 0.717) is 36.4 Å². The molecule has 1 amide bonds. The minimum Gasteiger partial charge on any atom is -0.481 e. The first-order chi connectivity index (χ1) is 18.0. The van der Waals surface area contributed by atoms with Crippen LogP contribution in [0.3, 0.4) is 0 Å². The van der Waals surface area contributed by atoms with Crippen molar-refractivity contribution in [3.05, 3.63) is 95.7 Å². The summed E-state index contributed by atoms with van der Waals surface area (Å²) in [6.45, 7) is 3.40. The van der Waals surface area contributed by atoms with Crippen LogP contribution in [0.2, 0.25) is 0 Å². The number of hydrogen-bond acceptors (Lipinski definition) is 4. The van der Waals surface area contributed by atoms with Crippen LogP contribution in [0.5, 0.6) is 0 Å². The molecule has 4 aromatic rings. The van der Waals surface area contributed by atoms with Crippen LogP contribution in [-0.2, 0) is 11.2 Å². The van der Waals surface area contributed by atoms with Gasteiger partial charge in [0.15, 0.2) is 0 Å². The van der Waals surface area contributed by atoms with Gasteiger partial charge in [0, 0.05) is 36.6 Å². The molecule has 1 aromatic heterocycles. The molecule has 37 heavy (non-hydrogen) atoms. The van der Waals surface area contributed by atoms with Crippen molar-refractivity contribution in [1.29, 1.82) is 0 Å². The van der Waals surface area contributed by atoms with Crippen molar-refractivity contribution in [2.45, 2.75) is 38.5 Å². The molecule has 0 radical (unpaired) electrons. The number of benzene rings is 3. The molecule has 2 atom stereocenters. The molecule has 1 fully saturated rings. The van der Waals surface area contributed by atoms with Crippen molar-refractivity contribution < 1.29 is 14.7 Å². The maximum atomic E-state index is 13.4. The maximum Gasteiger partial charge on any atom is 0.303 e. The summed E-state index contributed by atoms with van der Waals surface area (Å²) in [5.74, 6) is -0.386. The summed E-state index contributed by atoms with van der Waals surface area (Å²) in [5.41, 5.74) is 5.92. The quantitative estimate of drug-likeness (QED) is 0.327. The summed E-state index contributed by atoms with van der Waals surface area (Å²) in [6.07, 6.45) is 2.40. The van der Waals surface area contributed by atoms with Crippen LogP contribution >= 0.6 is 0 Å². The van der Waals surface area contributed by atoms with E-state index in [4.69, 9.17) is 15.1 Å². The first-order valence-corrected chi connectivity index (χ1v) is 12.9. The zero-order chi connectivity index (χ0) is 25.8. The second-order valence-electron chi connectivity index (χ2n) is 9.98. The lowest BCUT2D eigenvalue weighted by Gasteiger charge is -2.17. The molecule has 0 unspecified atom stereocenters. The van der Waals surface area contributed by atoms with Crippen molar-refractivity contribution in [1.82, 2.24) is 14.9 Å². The summed E-state index contributed by atoms with van der Waals surface area (Å²) in [5, 5.41) is 9.14. The van der Waals surface area contributed by atoms with E-state index in [1.807, 2.05) is 78.6 Å². The molecule has 3 aromatic carbocycles. The number of carbonyl (C=O) groups is 2. The smallest absolute Gasteiger partial charge is 0.303 e. The first kappa shape index (κ1) is 24.6. The Morgan fingerprint density at radius 1 is 0.973 bits per heavy atom. The number of carboxylic acid groups (broad SMARTS) is 1. The van der Waals surface area contributed by atoms with E-state index in [9.17, 15) is 9.59 Å². The maximum absolute atomic E-state index is 13.4. The Hall–Kier alpha value is -4.06. The fourth-order valence-electron chi connectivity index (χ4n) is 5.13. The number of nitrogens with zero attached hydrogens (tertiary/aromatic N) is 3. The minimum absolute atomic E-state index is 0.0193. The fourth-order valence-corrected chi connectivity index (χ4v) is 5.13. The summed E-state index contributed by atoms with van der Waals surface area (Å²) in [7, 11) is 0. The fraction of sp³-hybridized carbons (Fsp3) is 0.290. The van der Waals surface area contributed by atoms with Crippen molar-refractivity contribution in [3.8, 4) is 11.3 Å². The zero-order valence-electron chi connectivity index (χ0n) is 21.0. The average molecular weight is 494 g/mol. The second-order valence-corrected chi connectivity index (χ2v) is 9.98. The molecule has 1 N–H and O–H groups in total. The number of aliphatic carboxylic acids is 1. The van der Waals surface area contributed by atoms with Crippen LogP contribution in [-0.4, -0.2) is 44.9 Å². The molecule has 0 bridgehead atoms. The van der Waals surface area contributed by atoms with Gasteiger partial charge in [-0.25, -0.2) is 9.97 Å². The third-order valence-corrected chi connectivity index (χ3v) is 7.17. The van der Waals surface area contributed by atoms with E-state index < -0.39 is 5.97 Å². The van der Waals surface area contributed by atoms with Gasteiger partial charge in [0.2, 0.25) is 0 Å². The van der Waals surface area contributed by atoms with Gasteiger partial charge in [0.05, 0.1) is 22.4 Å². The lowest BCUT2D eigenvalue weighted by Crippen LogP contribution is -2.28. The summed E-state index contributed by atoms with van der Waals surface area (Å²) in [6, 6.07) is 25.9. The Labute approximate surface area is 217 Å². The summed E-state index contributed by atoms with van der Waals surface area (Å²) < 4.78 is 0. The van der Waals surface area contributed by atoms with Crippen LogP contribution in [0.15, 0.2) is 78.9 Å². The molecular weight excluding hydrogens is 462 g/mol. The molecular formula is C31H31N3O3. The molecule has 5 rings (SSSR count). The highest BCUT2D eigenvalue weighted by Gasteiger charge is 2.28. The van der Waals surface area contributed by atoms with Crippen LogP contribution in [0.25, 0.3) is 22.3 Å². The van der Waals surface area contributed by atoms with Crippen LogP contribution in [0.4, 0.5) is 0 Å². The molecule has 2 heterocycles. The van der Waals surface area contributed by atoms with Gasteiger partial charge in [-0.05, 0) is 48.9 Å². The van der Waals surface area contributed by atoms with Crippen molar-refractivity contribution in [2.75, 3.05) is 13.1 Å². The predicted octanol–water partition coefficient (Wildman–Crippen LogP) is 5.97. The molecule has 0 saturated carbocycles. The molecule has 6 nitrogen and oxygen atoms in total. The zero-order valence-corrected chi connectivity index (χ0v) is 21.0. The summed E-state index contributed by atoms with van der Waals surface area (Å²) in [4.78, 5) is 36.3. The van der Waals surface area contributed by atoms with Gasteiger partial charge in [-0.15, -0.1) is 0 Å². The van der Waals surface area contributed by atoms with E-state index in [-0.39, 0.29) is 18.2 Å². The minimum atomic E-state index is -0.792. The third-order valence-electron chi connectivity index (χ3n) is 7.17. The highest BCUT2D eigenvalue weighted by Crippen LogP contribution is 2.29. The van der Waals surface area contributed by atoms with Crippen LogP contribution < -0.4 is 0 Å². The number of likely N-dealkylation sites (tertiary alicyclic amines) is 1. The lowest BCUT2D eigenvalue weighted by atomic mass is 9.98. The Morgan fingerprint density at radius 3 is 2.43 bits per heavy atom. The standard InChI is InChI=1S/C31H31N3O3/c1-21(18-29(35)36)12-14-27-30(23-10-6-3-7-11-23)33-26-15-13-24(19-28(26)32-27)31(37)34-17-16-25(20-34)22-8-4-2-5-9-22/h2-11,13,15,19,21,25H,12,14,16-18,20H2,1H3,(H,35,36)/t21-,25-/m1/s1. The molecule has 1 saturated heterocycles. The largest absolute Gasteiger partial charge is 0.481 e. The van der Waals surface area contributed by atoms with Crippen molar-refractivity contribution in [3.63, 3.8) is 0 Å². The number of aromatic nitrogens is 2. The lowest BCUT2D eigenvalue weighted by molar-refractivity contribution is -0.138. The van der Waals surface area contributed by atoms with E-state index in [0.717, 1.165) is 35.4 Å². The van der Waals surface area contributed by atoms with Gasteiger partial charge in [0.1, 0.15) is 0 Å². The molecule has 188 valence electrons. The van der Waals surface area contributed by atoms with Crippen molar-refractivity contribution >= 4 is 22.9 Å². The Morgan fingerprint density at radius 2 is 1.70 bits per heavy atom. The number of amides is 1. The average Bonchev–Trinajstić information content (AvgIpc) is 3.42. The van der Waals surface area contributed by atoms with Crippen molar-refractivity contribution in [2.24, 2.45) is 5.92 Å². The highest BCUT2D eigenvalue weighted by molar-refractivity contribution is 5.97. The number of fused-ring (bicyclic) bond motifs is 1. The topological polar surface area (TPSA) is 83.4 Å². The number of hydrogen-bond donors (Lipinski definition) is 1. The number of rotatable bonds is 8. The molecule has 0 aliphatic carbocycles. The first-order valence-electron chi connectivity index (χ1n) is 12.9. The third kappa shape index (κ3) is 5.69. The van der Waals surface area contributed by atoms with Gasteiger partial charge in [-0.1, -0.05) is 67.6 Å². The predicted molar refractivity (Wildman–Crippen MR) is 144 cm³/mol. The van der Waals surface area contributed by atoms with E-state index >= 15 is 0 Å². The van der Waals surface area contributed by atoms with Gasteiger partial charge in [0.25, 0.3) is 5.91 Å².